The summed E-state index contributed by atoms with van der Waals surface area (Å²) < 4.78 is 0. The Bertz CT molecular complexity index is 1100. The fourth-order valence-corrected chi connectivity index (χ4v) is 2.79. The van der Waals surface area contributed by atoms with Gasteiger partial charge in [0.05, 0.1) is 11.0 Å². The second-order valence-electron chi connectivity index (χ2n) is 7.82. The molecule has 7 heteroatoms. The average Bonchev–Trinajstić information content (AvgIpc) is 2.99. The van der Waals surface area contributed by atoms with E-state index in [2.05, 4.69) is 20.6 Å². The Kier molecular flexibility index (Phi) is 5.09. The number of amides is 2. The number of hydrogen-bond acceptors (Lipinski definition) is 3. The number of carbonyl (C=O) groups excluding carboxylic acids is 2. The van der Waals surface area contributed by atoms with E-state index in [-0.39, 0.29) is 17.5 Å². The molecule has 0 atom stereocenters. The van der Waals surface area contributed by atoms with Crippen LogP contribution in [0.2, 0.25) is 0 Å². The summed E-state index contributed by atoms with van der Waals surface area (Å²) in [6, 6.07) is 10.7. The fraction of sp³-hybridized carbons (Fsp3) is 0.286. The molecule has 28 heavy (non-hydrogen) atoms. The van der Waals surface area contributed by atoms with Gasteiger partial charge >= 0.3 is 5.69 Å². The molecular weight excluding hydrogens is 356 g/mol. The highest BCUT2D eigenvalue weighted by molar-refractivity contribution is 6.00. The highest BCUT2D eigenvalue weighted by Crippen LogP contribution is 2.22. The molecule has 7 nitrogen and oxygen atoms in total. The van der Waals surface area contributed by atoms with E-state index >= 15 is 0 Å². The van der Waals surface area contributed by atoms with Gasteiger partial charge < -0.3 is 20.6 Å². The maximum absolute atomic E-state index is 12.7. The molecule has 0 aliphatic rings. The summed E-state index contributed by atoms with van der Waals surface area (Å²) in [6.45, 7) is 7.64. The minimum absolute atomic E-state index is 0.109. The van der Waals surface area contributed by atoms with E-state index in [1.807, 2.05) is 39.8 Å². The molecule has 4 N–H and O–H groups in total. The fourth-order valence-electron chi connectivity index (χ4n) is 2.79. The summed E-state index contributed by atoms with van der Waals surface area (Å²) in [5.41, 5.74) is 3.33. The van der Waals surface area contributed by atoms with Crippen molar-refractivity contribution in [3.63, 3.8) is 0 Å². The summed E-state index contributed by atoms with van der Waals surface area (Å²) in [6.07, 6.45) is 0. The minimum Gasteiger partial charge on any atom is -0.348 e. The monoisotopic (exact) mass is 380 g/mol. The van der Waals surface area contributed by atoms with Gasteiger partial charge in [-0.2, -0.15) is 0 Å². The van der Waals surface area contributed by atoms with Crippen molar-refractivity contribution in [2.45, 2.75) is 34.2 Å². The van der Waals surface area contributed by atoms with Crippen LogP contribution in [0.1, 0.15) is 42.3 Å². The number of imidazole rings is 1. The van der Waals surface area contributed by atoms with E-state index in [0.717, 1.165) is 11.1 Å². The van der Waals surface area contributed by atoms with Crippen LogP contribution < -0.4 is 16.3 Å². The van der Waals surface area contributed by atoms with Gasteiger partial charge in [-0.05, 0) is 42.3 Å². The van der Waals surface area contributed by atoms with Crippen molar-refractivity contribution in [1.82, 2.24) is 15.3 Å². The lowest BCUT2D eigenvalue weighted by atomic mass is 9.95. The zero-order chi connectivity index (χ0) is 20.5. The summed E-state index contributed by atoms with van der Waals surface area (Å²) >= 11 is 0. The first-order valence-electron chi connectivity index (χ1n) is 9.05. The molecule has 1 heterocycles. The molecule has 3 rings (SSSR count). The molecule has 1 aromatic heterocycles. The third-order valence-electron chi connectivity index (χ3n) is 4.54. The molecule has 0 radical (unpaired) electrons. The molecule has 0 saturated heterocycles. The average molecular weight is 380 g/mol. The number of carbonyl (C=O) groups is 2. The molecule has 0 unspecified atom stereocenters. The van der Waals surface area contributed by atoms with E-state index in [9.17, 15) is 14.4 Å². The second-order valence-corrected chi connectivity index (χ2v) is 7.82. The van der Waals surface area contributed by atoms with Crippen LogP contribution in [0.25, 0.3) is 11.0 Å². The maximum atomic E-state index is 12.7. The first-order chi connectivity index (χ1) is 13.1. The van der Waals surface area contributed by atoms with Crippen molar-refractivity contribution in [1.29, 1.82) is 0 Å². The zero-order valence-electron chi connectivity index (χ0n) is 16.4. The second kappa shape index (κ2) is 7.34. The van der Waals surface area contributed by atoms with Crippen LogP contribution in [0.4, 0.5) is 5.69 Å². The van der Waals surface area contributed by atoms with Crippen LogP contribution in [0.3, 0.4) is 0 Å². The largest absolute Gasteiger partial charge is 0.348 e. The molecular formula is C21H24N4O3. The van der Waals surface area contributed by atoms with Gasteiger partial charge in [0.2, 0.25) is 5.91 Å². The number of hydrogen-bond donors (Lipinski definition) is 4. The lowest BCUT2D eigenvalue weighted by molar-refractivity contribution is -0.123. The first kappa shape index (κ1) is 19.4. The van der Waals surface area contributed by atoms with Gasteiger partial charge in [0.25, 0.3) is 5.91 Å². The standard InChI is InChI=1S/C21H24N4O3/c1-12-14(6-5-7-15(12)23-19(27)21(2,3)4)18(26)22-11-13-8-9-16-17(10-13)25-20(28)24-16/h5-10H,11H2,1-4H3,(H,22,26)(H,23,27)(H2,24,25,28). The lowest BCUT2D eigenvalue weighted by Gasteiger charge is -2.19. The molecule has 0 bridgehead atoms. The molecule has 146 valence electrons. The third kappa shape index (κ3) is 4.14. The predicted molar refractivity (Wildman–Crippen MR) is 109 cm³/mol. The molecule has 2 aromatic carbocycles. The van der Waals surface area contributed by atoms with Gasteiger partial charge in [0.1, 0.15) is 0 Å². The van der Waals surface area contributed by atoms with Crippen molar-refractivity contribution >= 4 is 28.5 Å². The van der Waals surface area contributed by atoms with Crippen LogP contribution in [0.5, 0.6) is 0 Å². The van der Waals surface area contributed by atoms with Gasteiger partial charge in [0.15, 0.2) is 0 Å². The predicted octanol–water partition coefficient (Wildman–Crippen LogP) is 3.08. The summed E-state index contributed by atoms with van der Waals surface area (Å²) in [5.74, 6) is -0.339. The van der Waals surface area contributed by atoms with E-state index < -0.39 is 5.41 Å². The van der Waals surface area contributed by atoms with Crippen molar-refractivity contribution in [3.8, 4) is 0 Å². The number of aromatic amines is 2. The number of rotatable bonds is 4. The van der Waals surface area contributed by atoms with Gasteiger partial charge in [-0.1, -0.05) is 32.9 Å². The Morgan fingerprint density at radius 3 is 2.46 bits per heavy atom. The normalized spacial score (nSPS) is 11.4. The molecule has 0 fully saturated rings. The van der Waals surface area contributed by atoms with Crippen LogP contribution in [-0.4, -0.2) is 21.8 Å². The number of nitrogens with one attached hydrogen (secondary N) is 4. The molecule has 0 saturated carbocycles. The Labute approximate surface area is 162 Å². The van der Waals surface area contributed by atoms with E-state index in [1.54, 1.807) is 24.3 Å². The molecule has 0 spiro atoms. The van der Waals surface area contributed by atoms with Crippen molar-refractivity contribution in [3.05, 3.63) is 63.6 Å². The molecule has 0 aliphatic carbocycles. The number of fused-ring (bicyclic) bond motifs is 1. The van der Waals surface area contributed by atoms with Crippen molar-refractivity contribution in [2.24, 2.45) is 5.41 Å². The van der Waals surface area contributed by atoms with Crippen LogP contribution >= 0.6 is 0 Å². The van der Waals surface area contributed by atoms with E-state index in [4.69, 9.17) is 0 Å². The topological polar surface area (TPSA) is 107 Å². The minimum atomic E-state index is -0.525. The van der Waals surface area contributed by atoms with Crippen molar-refractivity contribution < 1.29 is 9.59 Å². The number of anilines is 1. The molecule has 2 amide bonds. The third-order valence-corrected chi connectivity index (χ3v) is 4.54. The Morgan fingerprint density at radius 1 is 1.04 bits per heavy atom. The van der Waals surface area contributed by atoms with Crippen LogP contribution in [0.15, 0.2) is 41.2 Å². The van der Waals surface area contributed by atoms with Crippen LogP contribution in [-0.2, 0) is 11.3 Å². The lowest BCUT2D eigenvalue weighted by Crippen LogP contribution is -2.28. The Balaban J connectivity index is 1.73. The SMILES string of the molecule is Cc1c(NC(=O)C(C)(C)C)cccc1C(=O)NCc1ccc2[nH]c(=O)[nH]c2c1. The smallest absolute Gasteiger partial charge is 0.323 e. The van der Waals surface area contributed by atoms with Gasteiger partial charge in [0, 0.05) is 23.2 Å². The number of aromatic nitrogens is 2. The van der Waals surface area contributed by atoms with Gasteiger partial charge in [-0.15, -0.1) is 0 Å². The van der Waals surface area contributed by atoms with Gasteiger partial charge in [-0.25, -0.2) is 4.79 Å². The first-order valence-corrected chi connectivity index (χ1v) is 9.05. The molecule has 0 aliphatic heterocycles. The summed E-state index contributed by atoms with van der Waals surface area (Å²) in [7, 11) is 0. The number of H-pyrrole nitrogens is 2. The Morgan fingerprint density at radius 2 is 1.75 bits per heavy atom. The quantitative estimate of drug-likeness (QED) is 0.559. The van der Waals surface area contributed by atoms with Gasteiger partial charge in [-0.3, -0.25) is 9.59 Å². The summed E-state index contributed by atoms with van der Waals surface area (Å²) in [5, 5.41) is 5.77. The Hall–Kier alpha value is -3.35. The molecule has 3 aromatic rings. The maximum Gasteiger partial charge on any atom is 0.323 e. The van der Waals surface area contributed by atoms with Crippen LogP contribution in [0, 0.1) is 12.3 Å². The zero-order valence-corrected chi connectivity index (χ0v) is 16.4. The van der Waals surface area contributed by atoms with E-state index in [0.29, 0.717) is 28.9 Å². The van der Waals surface area contributed by atoms with Crippen molar-refractivity contribution in [2.75, 3.05) is 5.32 Å². The van der Waals surface area contributed by atoms with E-state index in [1.165, 1.54) is 0 Å². The highest BCUT2D eigenvalue weighted by Gasteiger charge is 2.22. The summed E-state index contributed by atoms with van der Waals surface area (Å²) in [4.78, 5) is 41.6. The highest BCUT2D eigenvalue weighted by atomic mass is 16.2. The number of benzene rings is 2.